The summed E-state index contributed by atoms with van der Waals surface area (Å²) in [5.74, 6) is 0.00180. The van der Waals surface area contributed by atoms with E-state index in [2.05, 4.69) is 31.3 Å². The molecule has 0 aromatic heterocycles. The van der Waals surface area contributed by atoms with Crippen molar-refractivity contribution < 1.29 is 24.5 Å². The van der Waals surface area contributed by atoms with Crippen LogP contribution in [-0.4, -0.2) is 47.4 Å². The lowest BCUT2D eigenvalue weighted by Gasteiger charge is -2.22. The monoisotopic (exact) mass is 1270 g/mol. The largest absolute Gasteiger partial charge is 0.466 e. The molecule has 0 aromatic rings. The van der Waals surface area contributed by atoms with Gasteiger partial charge in [-0.1, -0.05) is 437 Å². The zero-order valence-electron chi connectivity index (χ0n) is 61.7. The highest BCUT2D eigenvalue weighted by molar-refractivity contribution is 5.76. The number of aliphatic hydroxyl groups excluding tert-OH is 2. The first kappa shape index (κ1) is 88.6. The molecule has 0 heterocycles. The van der Waals surface area contributed by atoms with E-state index >= 15 is 0 Å². The number of carbonyl (C=O) groups is 2. The first-order valence-electron chi connectivity index (χ1n) is 41.9. The van der Waals surface area contributed by atoms with Crippen LogP contribution in [0.2, 0.25) is 0 Å². The lowest BCUT2D eigenvalue weighted by molar-refractivity contribution is -0.143. The van der Waals surface area contributed by atoms with Gasteiger partial charge in [0.1, 0.15) is 0 Å². The Bertz CT molecular complexity index is 1370. The minimum atomic E-state index is -0.661. The van der Waals surface area contributed by atoms with Crippen LogP contribution in [-0.2, 0) is 14.3 Å². The molecule has 0 aliphatic heterocycles. The third-order valence-corrected chi connectivity index (χ3v) is 20.1. The van der Waals surface area contributed by atoms with Crippen LogP contribution in [0.4, 0.5) is 0 Å². The second-order valence-corrected chi connectivity index (χ2v) is 29.2. The molecule has 0 spiro atoms. The van der Waals surface area contributed by atoms with Crippen molar-refractivity contribution in [2.45, 2.75) is 501 Å². The third kappa shape index (κ3) is 75.6. The fraction of sp³-hybridized carbons (Fsp3) is 0.952. The fourth-order valence-corrected chi connectivity index (χ4v) is 13.7. The summed E-state index contributed by atoms with van der Waals surface area (Å²) in [6.45, 7) is 5.02. The highest BCUT2D eigenvalue weighted by Gasteiger charge is 2.20. The van der Waals surface area contributed by atoms with E-state index in [0.717, 1.165) is 38.5 Å². The zero-order chi connectivity index (χ0) is 64.9. The highest BCUT2D eigenvalue weighted by Crippen LogP contribution is 2.21. The molecule has 0 aliphatic rings. The van der Waals surface area contributed by atoms with E-state index < -0.39 is 12.1 Å². The smallest absolute Gasteiger partial charge is 0.305 e. The summed E-state index contributed by atoms with van der Waals surface area (Å²) in [6.07, 6.45) is 102. The number of rotatable bonds is 80. The topological polar surface area (TPSA) is 95.9 Å². The van der Waals surface area contributed by atoms with Gasteiger partial charge in [-0.15, -0.1) is 0 Å². The summed E-state index contributed by atoms with van der Waals surface area (Å²) < 4.78 is 5.51. The van der Waals surface area contributed by atoms with E-state index in [1.54, 1.807) is 0 Å². The molecule has 0 radical (unpaired) electrons. The Morgan fingerprint density at radius 1 is 0.300 bits per heavy atom. The highest BCUT2D eigenvalue weighted by atomic mass is 16.5. The van der Waals surface area contributed by atoms with Crippen molar-refractivity contribution in [3.63, 3.8) is 0 Å². The molecule has 1 amide bonds. The molecule has 0 rings (SSSR count). The molecule has 0 saturated carbocycles. The third-order valence-electron chi connectivity index (χ3n) is 20.1. The Kier molecular flexibility index (Phi) is 78.8. The van der Waals surface area contributed by atoms with Gasteiger partial charge in [0, 0.05) is 12.8 Å². The summed E-state index contributed by atoms with van der Waals surface area (Å²) in [7, 11) is 0. The maximum Gasteiger partial charge on any atom is 0.305 e. The Hall–Kier alpha value is -1.40. The van der Waals surface area contributed by atoms with Crippen LogP contribution in [0.25, 0.3) is 0 Å². The first-order valence-corrected chi connectivity index (χ1v) is 41.9. The molecule has 2 atom stereocenters. The summed E-state index contributed by atoms with van der Waals surface area (Å²) in [5.41, 5.74) is 0. The van der Waals surface area contributed by atoms with E-state index in [1.807, 2.05) is 0 Å². The Balaban J connectivity index is 3.31. The number of allylic oxidation sites excluding steroid dienone is 2. The van der Waals surface area contributed by atoms with E-state index in [-0.39, 0.29) is 18.5 Å². The maximum absolute atomic E-state index is 12.6. The van der Waals surface area contributed by atoms with Gasteiger partial charge in [0.2, 0.25) is 5.91 Å². The fourth-order valence-electron chi connectivity index (χ4n) is 13.7. The lowest BCUT2D eigenvalue weighted by atomic mass is 10.0. The van der Waals surface area contributed by atoms with Gasteiger partial charge < -0.3 is 20.3 Å². The molecule has 0 aromatic carbocycles. The van der Waals surface area contributed by atoms with Crippen LogP contribution in [0.5, 0.6) is 0 Å². The molecule has 0 saturated heterocycles. The van der Waals surface area contributed by atoms with E-state index in [1.165, 1.54) is 417 Å². The Morgan fingerprint density at radius 3 is 0.789 bits per heavy atom. The van der Waals surface area contributed by atoms with Gasteiger partial charge in [0.15, 0.2) is 0 Å². The van der Waals surface area contributed by atoms with Crippen LogP contribution >= 0.6 is 0 Å². The van der Waals surface area contributed by atoms with Gasteiger partial charge in [-0.3, -0.25) is 9.59 Å². The Morgan fingerprint density at radius 2 is 0.522 bits per heavy atom. The standard InChI is InChI=1S/C84H165NO5/c1-3-5-7-9-11-13-15-17-19-21-45-48-52-56-60-64-68-72-76-82(87)81(80-86)85-83(88)77-73-69-65-61-57-53-49-46-43-41-39-37-35-33-31-29-27-25-23-22-24-26-28-30-32-34-36-38-40-42-44-47-51-55-59-63-67-71-75-79-90-84(89)78-74-70-66-62-58-54-50-20-18-16-14-12-10-8-6-4-2/h22-23,81-82,86-87H,3-21,24-80H2,1-2H3,(H,85,88)/b23-22-. The van der Waals surface area contributed by atoms with E-state index in [0.29, 0.717) is 25.9 Å². The predicted molar refractivity (Wildman–Crippen MR) is 398 cm³/mol. The van der Waals surface area contributed by atoms with E-state index in [9.17, 15) is 19.8 Å². The molecule has 90 heavy (non-hydrogen) atoms. The summed E-state index contributed by atoms with van der Waals surface area (Å²) in [4.78, 5) is 24.7. The van der Waals surface area contributed by atoms with Crippen LogP contribution in [0.1, 0.15) is 489 Å². The van der Waals surface area contributed by atoms with Crippen molar-refractivity contribution in [1.82, 2.24) is 5.32 Å². The zero-order valence-corrected chi connectivity index (χ0v) is 61.7. The van der Waals surface area contributed by atoms with Crippen LogP contribution < -0.4 is 5.32 Å². The molecule has 6 nitrogen and oxygen atoms in total. The number of unbranched alkanes of at least 4 members (excludes halogenated alkanes) is 67. The van der Waals surface area contributed by atoms with Crippen molar-refractivity contribution >= 4 is 11.9 Å². The van der Waals surface area contributed by atoms with Crippen molar-refractivity contribution in [2.24, 2.45) is 0 Å². The molecule has 0 fully saturated rings. The van der Waals surface area contributed by atoms with Crippen LogP contribution in [0.3, 0.4) is 0 Å². The molecular weight excluding hydrogens is 1100 g/mol. The summed E-state index contributed by atoms with van der Waals surface area (Å²) in [5, 5.41) is 23.4. The quantitative estimate of drug-likeness (QED) is 0.0320. The van der Waals surface area contributed by atoms with Gasteiger partial charge in [-0.05, 0) is 51.4 Å². The normalized spacial score (nSPS) is 12.4. The molecule has 2 unspecified atom stereocenters. The number of hydrogen-bond donors (Lipinski definition) is 3. The van der Waals surface area contributed by atoms with Crippen LogP contribution in [0, 0.1) is 0 Å². The van der Waals surface area contributed by atoms with Crippen molar-refractivity contribution in [2.75, 3.05) is 13.2 Å². The van der Waals surface area contributed by atoms with Crippen molar-refractivity contribution in [1.29, 1.82) is 0 Å². The van der Waals surface area contributed by atoms with Crippen LogP contribution in [0.15, 0.2) is 12.2 Å². The summed E-state index contributed by atoms with van der Waals surface area (Å²) >= 11 is 0. The molecular formula is C84H165NO5. The molecule has 0 aliphatic carbocycles. The second kappa shape index (κ2) is 80.0. The number of carbonyl (C=O) groups excluding carboxylic acids is 2. The molecule has 536 valence electrons. The lowest BCUT2D eigenvalue weighted by Crippen LogP contribution is -2.45. The van der Waals surface area contributed by atoms with Crippen molar-refractivity contribution in [3.8, 4) is 0 Å². The number of aliphatic hydroxyl groups is 2. The SMILES string of the molecule is CCCCCCCCCCCCCCCCCCCCC(O)C(CO)NC(=O)CCCCCCCCCCCCCCCCCCC/C=C\CCCCCCCCCCCCCCCCCCCCOC(=O)CCCCCCCCCCCCCCCCCC. The first-order chi connectivity index (χ1) is 44.5. The van der Waals surface area contributed by atoms with Gasteiger partial charge in [0.25, 0.3) is 0 Å². The molecule has 0 bridgehead atoms. The molecule has 6 heteroatoms. The average molecular weight is 1270 g/mol. The predicted octanol–water partition coefficient (Wildman–Crippen LogP) is 27.8. The van der Waals surface area contributed by atoms with Gasteiger partial charge >= 0.3 is 5.97 Å². The minimum absolute atomic E-state index is 0.0254. The van der Waals surface area contributed by atoms with E-state index in [4.69, 9.17) is 4.74 Å². The number of hydrogen-bond acceptors (Lipinski definition) is 5. The Labute approximate surface area is 565 Å². The number of nitrogens with one attached hydrogen (secondary N) is 1. The summed E-state index contributed by atoms with van der Waals surface area (Å²) in [6, 6.07) is -0.538. The molecule has 3 N–H and O–H groups in total. The van der Waals surface area contributed by atoms with Gasteiger partial charge in [0.05, 0.1) is 25.4 Å². The second-order valence-electron chi connectivity index (χ2n) is 29.2. The maximum atomic E-state index is 12.6. The number of amides is 1. The van der Waals surface area contributed by atoms with Crippen molar-refractivity contribution in [3.05, 3.63) is 12.2 Å². The minimum Gasteiger partial charge on any atom is -0.466 e. The van der Waals surface area contributed by atoms with Gasteiger partial charge in [-0.2, -0.15) is 0 Å². The average Bonchev–Trinajstić information content (AvgIpc) is 3.59. The van der Waals surface area contributed by atoms with Gasteiger partial charge in [-0.25, -0.2) is 0 Å². The number of ether oxygens (including phenoxy) is 1. The number of esters is 1.